The number of benzene rings is 2. The molecule has 2 saturated heterocycles. The van der Waals surface area contributed by atoms with Crippen molar-refractivity contribution in [3.05, 3.63) is 64.0 Å². The Morgan fingerprint density at radius 1 is 1.21 bits per heavy atom. The summed E-state index contributed by atoms with van der Waals surface area (Å²) in [5.74, 6) is -5.06. The highest BCUT2D eigenvalue weighted by molar-refractivity contribution is 9.10. The summed E-state index contributed by atoms with van der Waals surface area (Å²) in [5, 5.41) is 43.3. The Morgan fingerprint density at radius 3 is 2.56 bits per heavy atom. The largest absolute Gasteiger partial charge is 0.394 e. The lowest BCUT2D eigenvalue weighted by Crippen LogP contribution is -2.64. The second-order valence-electron chi connectivity index (χ2n) is 10.6. The van der Waals surface area contributed by atoms with E-state index in [1.807, 2.05) is 13.0 Å². The molecule has 0 radical (unpaired) electrons. The molecule has 2 aliphatic heterocycles. The van der Waals surface area contributed by atoms with Crippen molar-refractivity contribution in [3.63, 3.8) is 0 Å². The number of β-amino-alcohol motifs (C(OH)–C–C–N with tert-alkyl or cyclic N) is 1. The SMILES string of the molecule is COC1C(C(=O)N(c2cc(C)cc(Br)c2)[C@H]2CCNC[C@@H]2O)OC(CO)C(O)C1n1cc(-c2cc(F)c(F)c(F)c2)nn1. The molecule has 0 aliphatic carbocycles. The number of hydrogen-bond acceptors (Lipinski definition) is 9. The number of methoxy groups -OCH3 is 1. The number of aryl methyl sites for hydroxylation is 1. The van der Waals surface area contributed by atoms with E-state index < -0.39 is 72.6 Å². The topological polar surface area (TPSA) is 142 Å². The van der Waals surface area contributed by atoms with E-state index in [-0.39, 0.29) is 17.8 Å². The Kier molecular flexibility index (Phi) is 9.51. The molecule has 1 aromatic heterocycles. The van der Waals surface area contributed by atoms with Crippen LogP contribution < -0.4 is 10.2 Å². The molecule has 1 amide bonds. The summed E-state index contributed by atoms with van der Waals surface area (Å²) in [7, 11) is 1.31. The standard InChI is InChI=1S/C28H31BrF3N5O6/c1-13-5-15(29)9-16(6-13)37(20-3-4-33-10-21(20)39)28(41)27-26(42-2)24(25(40)22(12-38)43-27)36-11-19(34-35-36)14-7-17(30)23(32)18(31)8-14/h5-9,11,20-22,24-27,33,38-40H,3-4,10,12H2,1-2H3/t20-,21-,22?,24?,25?,26?,27?/m0/s1. The van der Waals surface area contributed by atoms with Crippen molar-refractivity contribution < 1.29 is 42.8 Å². The lowest BCUT2D eigenvalue weighted by Gasteiger charge is -2.46. The normalized spacial score (nSPS) is 27.7. The van der Waals surface area contributed by atoms with Gasteiger partial charge in [0.1, 0.15) is 30.0 Å². The Hall–Kier alpha value is -2.92. The van der Waals surface area contributed by atoms with E-state index in [4.69, 9.17) is 9.47 Å². The first kappa shape index (κ1) is 31.5. The van der Waals surface area contributed by atoms with Crippen LogP contribution in [-0.4, -0.2) is 99.6 Å². The number of aliphatic hydroxyl groups is 3. The van der Waals surface area contributed by atoms with E-state index in [9.17, 15) is 33.3 Å². The smallest absolute Gasteiger partial charge is 0.259 e. The summed E-state index contributed by atoms with van der Waals surface area (Å²) in [4.78, 5) is 15.9. The van der Waals surface area contributed by atoms with Gasteiger partial charge in [-0.2, -0.15) is 0 Å². The molecular weight excluding hydrogens is 639 g/mol. The fourth-order valence-electron chi connectivity index (χ4n) is 5.72. The van der Waals surface area contributed by atoms with Gasteiger partial charge in [0.25, 0.3) is 5.91 Å². The van der Waals surface area contributed by atoms with E-state index in [1.54, 1.807) is 12.1 Å². The predicted octanol–water partition coefficient (Wildman–Crippen LogP) is 1.87. The quantitative estimate of drug-likeness (QED) is 0.277. The molecule has 2 aliphatic rings. The fourth-order valence-corrected chi connectivity index (χ4v) is 6.32. The Morgan fingerprint density at radius 2 is 1.93 bits per heavy atom. The number of rotatable bonds is 7. The van der Waals surface area contributed by atoms with Gasteiger partial charge < -0.3 is 35.0 Å². The molecular formula is C28H31BrF3N5O6. The maximum Gasteiger partial charge on any atom is 0.259 e. The molecule has 0 bridgehead atoms. The molecule has 0 spiro atoms. The Bertz CT molecular complexity index is 1440. The van der Waals surface area contributed by atoms with Crippen LogP contribution in [0.1, 0.15) is 18.0 Å². The molecule has 7 atom stereocenters. The number of amides is 1. The second-order valence-corrected chi connectivity index (χ2v) is 11.5. The highest BCUT2D eigenvalue weighted by Crippen LogP contribution is 2.36. The van der Waals surface area contributed by atoms with Gasteiger partial charge in [0.05, 0.1) is 24.9 Å². The van der Waals surface area contributed by atoms with Gasteiger partial charge in [-0.3, -0.25) is 4.79 Å². The maximum atomic E-state index is 14.5. The van der Waals surface area contributed by atoms with E-state index in [2.05, 4.69) is 31.6 Å². The lowest BCUT2D eigenvalue weighted by atomic mass is 9.90. The second kappa shape index (κ2) is 13.0. The molecule has 5 rings (SSSR count). The number of anilines is 1. The molecule has 4 N–H and O–H groups in total. The number of piperidine rings is 1. The van der Waals surface area contributed by atoms with Gasteiger partial charge in [0, 0.05) is 29.4 Å². The van der Waals surface area contributed by atoms with Gasteiger partial charge in [-0.25, -0.2) is 17.9 Å². The third-order valence-corrected chi connectivity index (χ3v) is 8.22. The molecule has 3 aromatic rings. The highest BCUT2D eigenvalue weighted by Gasteiger charge is 2.52. The van der Waals surface area contributed by atoms with Crippen molar-refractivity contribution in [1.82, 2.24) is 20.3 Å². The average Bonchev–Trinajstić information content (AvgIpc) is 3.45. The fraction of sp³-hybridized carbons (Fsp3) is 0.464. The first-order valence-electron chi connectivity index (χ1n) is 13.6. The van der Waals surface area contributed by atoms with Crippen molar-refractivity contribution >= 4 is 27.5 Å². The zero-order valence-electron chi connectivity index (χ0n) is 23.2. The van der Waals surface area contributed by atoms with Crippen LogP contribution in [0.3, 0.4) is 0 Å². The van der Waals surface area contributed by atoms with Gasteiger partial charge in [-0.1, -0.05) is 21.1 Å². The summed E-state index contributed by atoms with van der Waals surface area (Å²) in [6.45, 7) is 2.00. The molecule has 232 valence electrons. The molecule has 11 nitrogen and oxygen atoms in total. The number of carbonyl (C=O) groups excluding carboxylic acids is 1. The van der Waals surface area contributed by atoms with Crippen molar-refractivity contribution in [2.75, 3.05) is 31.7 Å². The van der Waals surface area contributed by atoms with Crippen LogP contribution in [0.4, 0.5) is 18.9 Å². The summed E-state index contributed by atoms with van der Waals surface area (Å²) < 4.78 is 54.9. The number of aliphatic hydroxyl groups excluding tert-OH is 3. The van der Waals surface area contributed by atoms with Crippen molar-refractivity contribution in [2.45, 2.75) is 55.9 Å². The number of nitrogens with one attached hydrogen (secondary N) is 1. The summed E-state index contributed by atoms with van der Waals surface area (Å²) in [6, 6.07) is 5.12. The van der Waals surface area contributed by atoms with Gasteiger partial charge in [0.2, 0.25) is 0 Å². The van der Waals surface area contributed by atoms with E-state index in [0.717, 1.165) is 22.4 Å². The third-order valence-electron chi connectivity index (χ3n) is 7.77. The predicted molar refractivity (Wildman–Crippen MR) is 151 cm³/mol. The minimum Gasteiger partial charge on any atom is -0.394 e. The number of aromatic nitrogens is 3. The monoisotopic (exact) mass is 669 g/mol. The first-order valence-corrected chi connectivity index (χ1v) is 14.4. The third kappa shape index (κ3) is 6.20. The van der Waals surface area contributed by atoms with Crippen LogP contribution in [0.5, 0.6) is 0 Å². The molecule has 2 aromatic carbocycles. The lowest BCUT2D eigenvalue weighted by molar-refractivity contribution is -0.211. The zero-order valence-corrected chi connectivity index (χ0v) is 24.8. The van der Waals surface area contributed by atoms with Gasteiger partial charge >= 0.3 is 0 Å². The molecule has 43 heavy (non-hydrogen) atoms. The minimum absolute atomic E-state index is 0.0427. The molecule has 15 heteroatoms. The summed E-state index contributed by atoms with van der Waals surface area (Å²) >= 11 is 3.47. The Balaban J connectivity index is 1.55. The minimum atomic E-state index is -1.63. The molecule has 3 heterocycles. The number of halogens is 4. The van der Waals surface area contributed by atoms with Crippen LogP contribution in [0, 0.1) is 24.4 Å². The van der Waals surface area contributed by atoms with Crippen LogP contribution in [0.2, 0.25) is 0 Å². The molecule has 5 unspecified atom stereocenters. The Labute approximate surface area is 253 Å². The van der Waals surface area contributed by atoms with Crippen LogP contribution in [0.15, 0.2) is 41.0 Å². The maximum absolute atomic E-state index is 14.5. The number of nitrogens with zero attached hydrogens (tertiary/aromatic N) is 4. The first-order chi connectivity index (χ1) is 20.5. The molecule has 0 saturated carbocycles. The van der Waals surface area contributed by atoms with Crippen LogP contribution in [0.25, 0.3) is 11.3 Å². The number of hydrogen-bond donors (Lipinski definition) is 4. The van der Waals surface area contributed by atoms with Crippen molar-refractivity contribution in [1.29, 1.82) is 0 Å². The van der Waals surface area contributed by atoms with Gasteiger partial charge in [0.15, 0.2) is 23.6 Å². The van der Waals surface area contributed by atoms with E-state index in [1.165, 1.54) is 18.2 Å². The molecule has 2 fully saturated rings. The van der Waals surface area contributed by atoms with Crippen molar-refractivity contribution in [2.24, 2.45) is 0 Å². The summed E-state index contributed by atoms with van der Waals surface area (Å²) in [5.41, 5.74) is 1.19. The zero-order chi connectivity index (χ0) is 31.0. The van der Waals surface area contributed by atoms with E-state index >= 15 is 0 Å². The van der Waals surface area contributed by atoms with Gasteiger partial charge in [-0.05, 0) is 55.8 Å². The number of carbonyl (C=O) groups is 1. The van der Waals surface area contributed by atoms with Crippen LogP contribution >= 0.6 is 15.9 Å². The van der Waals surface area contributed by atoms with Crippen molar-refractivity contribution in [3.8, 4) is 11.3 Å². The summed E-state index contributed by atoms with van der Waals surface area (Å²) in [6.07, 6.45) is -4.54. The van der Waals surface area contributed by atoms with E-state index in [0.29, 0.717) is 23.1 Å². The average molecular weight is 670 g/mol. The highest BCUT2D eigenvalue weighted by atomic mass is 79.9. The van der Waals surface area contributed by atoms with Crippen LogP contribution in [-0.2, 0) is 14.3 Å². The van der Waals surface area contributed by atoms with Gasteiger partial charge in [-0.15, -0.1) is 5.10 Å². The number of ether oxygens (including phenoxy) is 2.